The molecule has 1 rings (SSSR count). The molecule has 3 heteroatoms. The van der Waals surface area contributed by atoms with Gasteiger partial charge in [-0.3, -0.25) is 0 Å². The molecule has 0 aromatic heterocycles. The monoisotopic (exact) mass is 138 g/mol. The minimum atomic E-state index is -0.303. The summed E-state index contributed by atoms with van der Waals surface area (Å²) in [5, 5.41) is 0. The molecule has 0 nitrogen and oxygen atoms in total. The number of hydrogen-bond acceptors (Lipinski definition) is 0. The Kier molecular flexibility index (Phi) is 7.71. The van der Waals surface area contributed by atoms with Crippen LogP contribution in [0, 0.1) is 11.9 Å². The molecule has 0 bridgehead atoms. The molecule has 0 aliphatic rings. The summed E-state index contributed by atoms with van der Waals surface area (Å²) in [6, 6.07) is 8.62. The second-order valence-electron chi connectivity index (χ2n) is 1.21. The first-order valence-electron chi connectivity index (χ1n) is 2.02. The molecule has 0 amide bonds. The molecule has 0 spiro atoms. The molecule has 0 heterocycles. The van der Waals surface area contributed by atoms with Crippen molar-refractivity contribution in [1.82, 2.24) is 0 Å². The van der Waals surface area contributed by atoms with Gasteiger partial charge < -0.3 is 4.70 Å². The maximum absolute atomic E-state index is 11.9. The fraction of sp³-hybridized carbons (Fsp3) is 0. The number of hydrogen-bond donors (Lipinski definition) is 0. The number of rotatable bonds is 0. The van der Waals surface area contributed by atoms with Crippen LogP contribution in [0.5, 0.6) is 0 Å². The Morgan fingerprint density at radius 1 is 1.33 bits per heavy atom. The summed E-state index contributed by atoms with van der Waals surface area (Å²) in [5.74, 6) is -0.303. The molecule has 0 radical (unpaired) electrons. The zero-order valence-corrected chi connectivity index (χ0v) is 6.19. The minimum Gasteiger partial charge on any atom is -1.00 e. The van der Waals surface area contributed by atoms with Gasteiger partial charge in [0.2, 0.25) is 0 Å². The first-order chi connectivity index (χ1) is 3.39. The number of benzene rings is 1. The normalized spacial score (nSPS) is 6.78. The molecule has 1 aromatic carbocycles. The van der Waals surface area contributed by atoms with Gasteiger partial charge in [0.05, 0.1) is 0 Å². The van der Waals surface area contributed by atoms with Gasteiger partial charge in [-0.1, -0.05) is 0 Å². The SMILES string of the molecule is Fc1[c-]cccc1.[F-].[Mg+2]. The van der Waals surface area contributed by atoms with Gasteiger partial charge in [0.15, 0.2) is 0 Å². The van der Waals surface area contributed by atoms with Crippen LogP contribution in [0.2, 0.25) is 0 Å². The van der Waals surface area contributed by atoms with Crippen molar-refractivity contribution in [2.75, 3.05) is 0 Å². The minimum absolute atomic E-state index is 0. The van der Waals surface area contributed by atoms with Crippen molar-refractivity contribution in [2.24, 2.45) is 0 Å². The molecule has 0 aliphatic carbocycles. The third kappa shape index (κ3) is 4.36. The fourth-order valence-corrected chi connectivity index (χ4v) is 0.371. The van der Waals surface area contributed by atoms with E-state index >= 15 is 0 Å². The predicted octanol–water partition coefficient (Wildman–Crippen LogP) is -1.75. The van der Waals surface area contributed by atoms with Crippen molar-refractivity contribution in [3.8, 4) is 0 Å². The van der Waals surface area contributed by atoms with Crippen LogP contribution < -0.4 is 4.70 Å². The first kappa shape index (κ1) is 11.6. The molecule has 0 N–H and O–H groups in total. The van der Waals surface area contributed by atoms with Crippen molar-refractivity contribution in [3.63, 3.8) is 0 Å². The van der Waals surface area contributed by atoms with E-state index in [1.807, 2.05) is 0 Å². The van der Waals surface area contributed by atoms with E-state index in [4.69, 9.17) is 0 Å². The summed E-state index contributed by atoms with van der Waals surface area (Å²) >= 11 is 0. The molecular formula is C6H4F2Mg. The van der Waals surface area contributed by atoms with Gasteiger partial charge in [-0.2, -0.15) is 18.2 Å². The van der Waals surface area contributed by atoms with Crippen LogP contribution in [0.1, 0.15) is 0 Å². The van der Waals surface area contributed by atoms with Crippen molar-refractivity contribution in [2.45, 2.75) is 0 Å². The molecule has 0 atom stereocenters. The van der Waals surface area contributed by atoms with Crippen LogP contribution in [0.4, 0.5) is 4.39 Å². The summed E-state index contributed by atoms with van der Waals surface area (Å²) in [6.45, 7) is 0. The third-order valence-corrected chi connectivity index (χ3v) is 0.671. The first-order valence-corrected chi connectivity index (χ1v) is 2.02. The maximum Gasteiger partial charge on any atom is 2.00 e. The topological polar surface area (TPSA) is 0 Å². The second kappa shape index (κ2) is 5.97. The Morgan fingerprint density at radius 3 is 2.22 bits per heavy atom. The van der Waals surface area contributed by atoms with E-state index in [0.29, 0.717) is 0 Å². The van der Waals surface area contributed by atoms with E-state index in [1.54, 1.807) is 12.1 Å². The Morgan fingerprint density at radius 2 is 2.00 bits per heavy atom. The van der Waals surface area contributed by atoms with Gasteiger partial charge in [0.1, 0.15) is 0 Å². The molecule has 9 heavy (non-hydrogen) atoms. The van der Waals surface area contributed by atoms with Gasteiger partial charge in [0, 0.05) is 5.82 Å². The summed E-state index contributed by atoms with van der Waals surface area (Å²) < 4.78 is 11.9. The van der Waals surface area contributed by atoms with Crippen LogP contribution in [-0.2, 0) is 0 Å². The molecule has 44 valence electrons. The van der Waals surface area contributed by atoms with Crippen LogP contribution in [0.25, 0.3) is 0 Å². The van der Waals surface area contributed by atoms with E-state index in [-0.39, 0.29) is 33.6 Å². The van der Waals surface area contributed by atoms with Gasteiger partial charge >= 0.3 is 23.1 Å². The fourth-order valence-electron chi connectivity index (χ4n) is 0.371. The molecule has 0 saturated heterocycles. The third-order valence-electron chi connectivity index (χ3n) is 0.671. The van der Waals surface area contributed by atoms with Crippen molar-refractivity contribution in [1.29, 1.82) is 0 Å². The molecule has 0 unspecified atom stereocenters. The van der Waals surface area contributed by atoms with Gasteiger partial charge in [-0.05, 0) is 0 Å². The van der Waals surface area contributed by atoms with Gasteiger partial charge in [0.25, 0.3) is 0 Å². The molecule has 1 aromatic rings. The zero-order valence-electron chi connectivity index (χ0n) is 4.77. The van der Waals surface area contributed by atoms with E-state index in [1.165, 1.54) is 12.1 Å². The quantitative estimate of drug-likeness (QED) is 0.295. The Bertz CT molecular complexity index is 141. The summed E-state index contributed by atoms with van der Waals surface area (Å²) in [4.78, 5) is 0. The van der Waals surface area contributed by atoms with Crippen LogP contribution in [0.15, 0.2) is 24.3 Å². The van der Waals surface area contributed by atoms with Gasteiger partial charge in [-0.25, -0.2) is 4.39 Å². The van der Waals surface area contributed by atoms with Crippen molar-refractivity contribution < 1.29 is 9.09 Å². The molecule has 0 saturated carbocycles. The van der Waals surface area contributed by atoms with Crippen LogP contribution >= 0.6 is 0 Å². The van der Waals surface area contributed by atoms with Gasteiger partial charge in [-0.15, -0.1) is 12.1 Å². The molecular weight excluding hydrogens is 134 g/mol. The Hall–Kier alpha value is -0.154. The smallest absolute Gasteiger partial charge is 1.00 e. The number of halogens is 2. The van der Waals surface area contributed by atoms with E-state index < -0.39 is 0 Å². The Balaban J connectivity index is 0. The van der Waals surface area contributed by atoms with Crippen molar-refractivity contribution >= 4 is 23.1 Å². The molecule has 0 fully saturated rings. The van der Waals surface area contributed by atoms with E-state index in [9.17, 15) is 4.39 Å². The second-order valence-corrected chi connectivity index (χ2v) is 1.21. The van der Waals surface area contributed by atoms with Crippen molar-refractivity contribution in [3.05, 3.63) is 36.1 Å². The molecule has 0 aliphatic heterocycles. The summed E-state index contributed by atoms with van der Waals surface area (Å²) in [7, 11) is 0. The predicted molar refractivity (Wildman–Crippen MR) is 31.0 cm³/mol. The standard InChI is InChI=1S/C6H4F.FH.Mg/c7-6-4-2-1-3-5-6;;/h1-4H;1H;/q-1;;+2/p-1. The zero-order chi connectivity index (χ0) is 5.11. The van der Waals surface area contributed by atoms with Crippen LogP contribution in [0.3, 0.4) is 0 Å². The summed E-state index contributed by atoms with van der Waals surface area (Å²) in [6.07, 6.45) is 0. The average molecular weight is 138 g/mol. The average Bonchev–Trinajstić information content (AvgIpc) is 1.69. The summed E-state index contributed by atoms with van der Waals surface area (Å²) in [5.41, 5.74) is 0. The Labute approximate surface area is 68.6 Å². The largest absolute Gasteiger partial charge is 2.00 e. The van der Waals surface area contributed by atoms with E-state index in [0.717, 1.165) is 0 Å². The maximum atomic E-state index is 11.9. The van der Waals surface area contributed by atoms with E-state index in [2.05, 4.69) is 6.07 Å². The van der Waals surface area contributed by atoms with Crippen LogP contribution in [-0.4, -0.2) is 23.1 Å².